The van der Waals surface area contributed by atoms with E-state index in [4.69, 9.17) is 5.41 Å². The molecule has 0 amide bonds. The number of carbonyl (C=O) groups is 3. The van der Waals surface area contributed by atoms with Crippen LogP contribution in [0.5, 0.6) is 0 Å². The number of hydrogen-bond donors (Lipinski definition) is 0. The van der Waals surface area contributed by atoms with Gasteiger partial charge in [-0.05, 0) is 0 Å². The Kier molecular flexibility index (Phi) is 12.2. The van der Waals surface area contributed by atoms with Gasteiger partial charge < -0.3 is 15.6 Å². The molecule has 0 heterocycles. The van der Waals surface area contributed by atoms with Crippen molar-refractivity contribution in [2.75, 3.05) is 0 Å². The third kappa shape index (κ3) is 3.92. The molecule has 66 valence electrons. The summed E-state index contributed by atoms with van der Waals surface area (Å²) < 4.78 is 0. The first-order chi connectivity index (χ1) is 6.00. The van der Waals surface area contributed by atoms with Gasteiger partial charge in [0.15, 0.2) is 5.78 Å². The van der Waals surface area contributed by atoms with Crippen molar-refractivity contribution in [2.24, 2.45) is 0 Å². The molecule has 9 heteroatoms. The second kappa shape index (κ2) is 8.83. The number of nitrogens with zero attached hydrogens (tertiary/aromatic N) is 1. The van der Waals surface area contributed by atoms with Gasteiger partial charge in [-0.15, -0.1) is 0 Å². The first-order valence-electron chi connectivity index (χ1n) is 2.99. The van der Waals surface area contributed by atoms with E-state index in [-0.39, 0.29) is 88.7 Å². The maximum atomic E-state index is 10.7. The van der Waals surface area contributed by atoms with E-state index in [1.165, 1.54) is 0 Å². The van der Waals surface area contributed by atoms with Crippen LogP contribution >= 0.6 is 0 Å². The van der Waals surface area contributed by atoms with Gasteiger partial charge >= 0.3 is 88.7 Å². The van der Waals surface area contributed by atoms with Crippen molar-refractivity contribution in [1.82, 2.24) is 0 Å². The molecule has 0 aromatic carbocycles. The van der Waals surface area contributed by atoms with Gasteiger partial charge in [0.1, 0.15) is 0 Å². The summed E-state index contributed by atoms with van der Waals surface area (Å²) in [5.74, 6) is -6.82. The third-order valence-corrected chi connectivity index (χ3v) is 1.39. The van der Waals surface area contributed by atoms with Crippen molar-refractivity contribution < 1.29 is 113 Å². The maximum absolute atomic E-state index is 10.7. The van der Waals surface area contributed by atoms with Gasteiger partial charge in [0.05, 0.1) is 5.57 Å². The van der Waals surface area contributed by atoms with E-state index < -0.39 is 34.4 Å². The zero-order valence-corrected chi connectivity index (χ0v) is 15.0. The molecule has 16 heavy (non-hydrogen) atoms. The molecule has 1 aliphatic carbocycles. The van der Waals surface area contributed by atoms with Crippen LogP contribution < -0.4 is 98.9 Å². The van der Waals surface area contributed by atoms with Gasteiger partial charge in [-0.1, -0.05) is 11.5 Å². The number of hydrogen-bond acceptors (Lipinski definition) is 5. The van der Waals surface area contributed by atoms with Crippen LogP contribution in [0.15, 0.2) is 17.1 Å². The third-order valence-electron chi connectivity index (χ3n) is 1.39. The van der Waals surface area contributed by atoms with Crippen molar-refractivity contribution in [1.29, 1.82) is 0 Å². The molecule has 1 aliphatic rings. The summed E-state index contributed by atoms with van der Waals surface area (Å²) in [6, 6.07) is 0. The van der Waals surface area contributed by atoms with Gasteiger partial charge in [-0.2, -0.15) is 0 Å². The second-order valence-electron chi connectivity index (χ2n) is 2.13. The molecule has 1 rings (SSSR count). The number of Topliss-reactive ketones (excluding diaryl/α,β-unsaturated/α-hetero) is 3. The maximum Gasteiger partial charge on any atom is 1.00 e. The average molecular weight is 247 g/mol. The molecule has 0 aromatic rings. The van der Waals surface area contributed by atoms with Crippen LogP contribution in [0.4, 0.5) is 0 Å². The topological polar surface area (TPSA) is 120 Å². The van der Waals surface area contributed by atoms with E-state index >= 15 is 0 Å². The zero-order valence-electron chi connectivity index (χ0n) is 8.99. The minimum absolute atomic E-state index is 0. The van der Waals surface area contributed by atoms with Gasteiger partial charge in [0.25, 0.3) is 0 Å². The molecule has 0 bridgehead atoms. The Balaban J connectivity index is -0.000000563. The second-order valence-corrected chi connectivity index (χ2v) is 2.13. The number of rotatable bonds is 0. The fraction of sp³-hybridized carbons (Fsp3) is 0. The molecule has 0 atom stereocenters. The van der Waals surface area contributed by atoms with Crippen LogP contribution in [-0.4, -0.2) is 23.2 Å². The van der Waals surface area contributed by atoms with Crippen LogP contribution in [0.25, 0.3) is 5.41 Å². The van der Waals surface area contributed by atoms with Gasteiger partial charge in [-0.3, -0.25) is 20.3 Å². The number of allylic oxidation sites excluding steroid dienone is 2. The van der Waals surface area contributed by atoms with Crippen LogP contribution in [0.2, 0.25) is 0 Å². The Morgan fingerprint density at radius 1 is 0.812 bits per heavy atom. The van der Waals surface area contributed by atoms with Crippen molar-refractivity contribution in [3.8, 4) is 0 Å². The fourth-order valence-electron chi connectivity index (χ4n) is 0.741. The molecule has 0 saturated heterocycles. The summed E-state index contributed by atoms with van der Waals surface area (Å²) in [5.41, 5.74) is -1.09. The molecule has 0 spiro atoms. The summed E-state index contributed by atoms with van der Waals surface area (Å²) in [6.07, 6.45) is 0. The Morgan fingerprint density at radius 2 is 1.19 bits per heavy atom. The smallest absolute Gasteiger partial charge is 0.870 e. The largest absolute Gasteiger partial charge is 1.00 e. The minimum atomic E-state index is -1.67. The van der Waals surface area contributed by atoms with Crippen LogP contribution in [0.1, 0.15) is 0 Å². The predicted molar refractivity (Wildman–Crippen MR) is 33.9 cm³/mol. The molecule has 0 unspecified atom stereocenters. The van der Waals surface area contributed by atoms with E-state index in [2.05, 4.69) is 0 Å². The van der Waals surface area contributed by atoms with Gasteiger partial charge in [0.2, 0.25) is 11.6 Å². The van der Waals surface area contributed by atoms with Gasteiger partial charge in [-0.25, -0.2) is 0 Å². The van der Waals surface area contributed by atoms with E-state index in [1.54, 1.807) is 0 Å². The summed E-state index contributed by atoms with van der Waals surface area (Å²) in [7, 11) is 0. The molecule has 0 N–H and O–H groups in total. The average Bonchev–Trinajstić information content (AvgIpc) is 2.13. The molecule has 6 nitrogen and oxygen atoms in total. The van der Waals surface area contributed by atoms with E-state index in [1.807, 2.05) is 0 Å². The fourth-order valence-corrected chi connectivity index (χ4v) is 0.741. The Bertz CT molecular complexity index is 422. The van der Waals surface area contributed by atoms with Gasteiger partial charge in [0, 0.05) is 0 Å². The van der Waals surface area contributed by atoms with E-state index in [9.17, 15) is 24.6 Å². The SMILES string of the molecule is [N-]=C=C1C(=O)C(=O)C([O-])=C([O-])C1=O.[Na+].[Na+].[Na+]. The summed E-state index contributed by atoms with van der Waals surface area (Å²) >= 11 is 0. The molecule has 0 aliphatic heterocycles. The monoisotopic (exact) mass is 247 g/mol. The zero-order chi connectivity index (χ0) is 10.2. The van der Waals surface area contributed by atoms with Crippen molar-refractivity contribution in [3.05, 3.63) is 22.5 Å². The van der Waals surface area contributed by atoms with Crippen molar-refractivity contribution >= 4 is 23.2 Å². The summed E-state index contributed by atoms with van der Waals surface area (Å²) in [6.45, 7) is 0. The molecular formula is C7NNa3O5. The first-order valence-corrected chi connectivity index (χ1v) is 2.99. The minimum Gasteiger partial charge on any atom is -0.870 e. The van der Waals surface area contributed by atoms with Crippen LogP contribution in [-0.2, 0) is 14.4 Å². The summed E-state index contributed by atoms with van der Waals surface area (Å²) in [4.78, 5) is 32.0. The molecular weight excluding hydrogens is 247 g/mol. The molecule has 0 radical (unpaired) electrons. The number of ketones is 3. The Labute approximate surface area is 157 Å². The van der Waals surface area contributed by atoms with E-state index in [0.29, 0.717) is 0 Å². The molecule has 0 aromatic heterocycles. The summed E-state index contributed by atoms with van der Waals surface area (Å²) in [5, 5.41) is 29.4. The number of carbonyl (C=O) groups excluding carboxylic acids is 3. The standard InChI is InChI=1S/C7H2NO5.3Na/c8-1-2-3(9)5(11)7(13)6(12)4(2)10;;;/h11,13H;;;/q-1;3*+1/p-2. The molecule has 0 fully saturated rings. The van der Waals surface area contributed by atoms with Crippen molar-refractivity contribution in [2.45, 2.75) is 0 Å². The van der Waals surface area contributed by atoms with Crippen LogP contribution in [0, 0.1) is 0 Å². The predicted octanol–water partition coefficient (Wildman–Crippen LogP) is -12.2. The van der Waals surface area contributed by atoms with Crippen LogP contribution in [0.3, 0.4) is 0 Å². The van der Waals surface area contributed by atoms with Crippen molar-refractivity contribution in [3.63, 3.8) is 0 Å². The Morgan fingerprint density at radius 3 is 1.56 bits per heavy atom. The molecule has 0 saturated carbocycles. The quantitative estimate of drug-likeness (QED) is 0.138. The van der Waals surface area contributed by atoms with E-state index in [0.717, 1.165) is 5.87 Å². The normalized spacial score (nSPS) is 14.5. The Hall–Kier alpha value is 0.800. The first kappa shape index (κ1) is 22.0.